The maximum absolute atomic E-state index is 13.6. The number of ether oxygens (including phenoxy) is 3. The van der Waals surface area contributed by atoms with Crippen molar-refractivity contribution in [3.05, 3.63) is 45.6 Å². The first-order valence-corrected chi connectivity index (χ1v) is 13.4. The third-order valence-electron chi connectivity index (χ3n) is 8.01. The Balaban J connectivity index is 1.82. The molecule has 16 nitrogen and oxygen atoms in total. The standard InChI is InChI=1S/C28H32O16/c1-41-11-3-2-8(4-9(11)31)12-5-10(32)15-20(35)16(27-24(39)22(37)18(33)13(6-29)43-27)21(36)17(26(15)42-12)28-25(40)23(38)19(34)14(7-30)44-28/h2-5,13-14,18-19,22-25,27-31,33-40H,6-7H2,1H3/t13?,14?,18-,19-,22+,23+,24?,25?,27+,28+/m1/s1. The van der Waals surface area contributed by atoms with Gasteiger partial charge in [0.15, 0.2) is 22.5 Å². The number of rotatable bonds is 6. The average molecular weight is 625 g/mol. The first kappa shape index (κ1) is 31.9. The quantitative estimate of drug-likeness (QED) is 0.136. The molecule has 16 heteroatoms. The fraction of sp³-hybridized carbons (Fsp3) is 0.464. The summed E-state index contributed by atoms with van der Waals surface area (Å²) >= 11 is 0. The average Bonchev–Trinajstić information content (AvgIpc) is 3.00. The predicted octanol–water partition coefficient (Wildman–Crippen LogP) is -2.38. The molecular weight excluding hydrogens is 592 g/mol. The summed E-state index contributed by atoms with van der Waals surface area (Å²) in [5.74, 6) is -2.48. The van der Waals surface area contributed by atoms with Gasteiger partial charge in [-0.2, -0.15) is 0 Å². The Labute approximate surface area is 247 Å². The molecule has 2 saturated heterocycles. The minimum atomic E-state index is -2.04. The fourth-order valence-electron chi connectivity index (χ4n) is 5.61. The van der Waals surface area contributed by atoms with Gasteiger partial charge >= 0.3 is 0 Å². The Morgan fingerprint density at radius 2 is 1.27 bits per heavy atom. The molecule has 2 aliphatic rings. The molecular formula is C28H32O16. The van der Waals surface area contributed by atoms with E-state index in [1.54, 1.807) is 0 Å². The van der Waals surface area contributed by atoms with Crippen LogP contribution in [0.1, 0.15) is 23.3 Å². The number of aliphatic hydroxyl groups excluding tert-OH is 8. The van der Waals surface area contributed by atoms with Crippen molar-refractivity contribution in [1.82, 2.24) is 0 Å². The van der Waals surface area contributed by atoms with Gasteiger partial charge in [0.1, 0.15) is 83.7 Å². The minimum absolute atomic E-state index is 0.0957. The van der Waals surface area contributed by atoms with Crippen LogP contribution in [0.5, 0.6) is 23.0 Å². The number of methoxy groups -OCH3 is 1. The van der Waals surface area contributed by atoms with E-state index in [2.05, 4.69) is 0 Å². The van der Waals surface area contributed by atoms with Crippen LogP contribution in [0.15, 0.2) is 33.5 Å². The smallest absolute Gasteiger partial charge is 0.197 e. The van der Waals surface area contributed by atoms with Gasteiger partial charge in [0.25, 0.3) is 0 Å². The number of benzene rings is 2. The predicted molar refractivity (Wildman–Crippen MR) is 145 cm³/mol. The van der Waals surface area contributed by atoms with Crippen LogP contribution in [0, 0.1) is 0 Å². The minimum Gasteiger partial charge on any atom is -0.507 e. The third kappa shape index (κ3) is 5.04. The number of hydrogen-bond acceptors (Lipinski definition) is 16. The highest BCUT2D eigenvalue weighted by Gasteiger charge is 2.50. The monoisotopic (exact) mass is 624 g/mol. The Hall–Kier alpha value is -3.55. The van der Waals surface area contributed by atoms with Crippen molar-refractivity contribution in [2.75, 3.05) is 20.3 Å². The summed E-state index contributed by atoms with van der Waals surface area (Å²) in [4.78, 5) is 13.6. The lowest BCUT2D eigenvalue weighted by molar-refractivity contribution is -0.234. The van der Waals surface area contributed by atoms with E-state index in [0.717, 1.165) is 6.07 Å². The molecule has 44 heavy (non-hydrogen) atoms. The van der Waals surface area contributed by atoms with Crippen LogP contribution >= 0.6 is 0 Å². The lowest BCUT2D eigenvalue weighted by atomic mass is 9.85. The molecule has 240 valence electrons. The van der Waals surface area contributed by atoms with Crippen molar-refractivity contribution in [3.8, 4) is 34.3 Å². The highest BCUT2D eigenvalue weighted by molar-refractivity contribution is 5.92. The van der Waals surface area contributed by atoms with E-state index in [1.165, 1.54) is 25.3 Å². The van der Waals surface area contributed by atoms with Gasteiger partial charge in [-0.15, -0.1) is 0 Å². The Morgan fingerprint density at radius 3 is 1.77 bits per heavy atom. The summed E-state index contributed by atoms with van der Waals surface area (Å²) in [6.45, 7) is -1.73. The van der Waals surface area contributed by atoms with Crippen LogP contribution in [0.3, 0.4) is 0 Å². The number of aromatic hydroxyl groups is 3. The highest BCUT2D eigenvalue weighted by atomic mass is 16.6. The Morgan fingerprint density at radius 1 is 0.727 bits per heavy atom. The van der Waals surface area contributed by atoms with Crippen molar-refractivity contribution >= 4 is 11.0 Å². The van der Waals surface area contributed by atoms with Crippen LogP contribution in [-0.2, 0) is 9.47 Å². The molecule has 5 rings (SSSR count). The van der Waals surface area contributed by atoms with Crippen LogP contribution in [0.25, 0.3) is 22.3 Å². The van der Waals surface area contributed by atoms with Gasteiger partial charge in [0.2, 0.25) is 0 Å². The molecule has 4 unspecified atom stereocenters. The van der Waals surface area contributed by atoms with Crippen molar-refractivity contribution < 1.29 is 74.8 Å². The molecule has 0 radical (unpaired) electrons. The summed E-state index contributed by atoms with van der Waals surface area (Å²) in [7, 11) is 1.32. The molecule has 1 aromatic heterocycles. The third-order valence-corrected chi connectivity index (χ3v) is 8.01. The van der Waals surface area contributed by atoms with Crippen molar-refractivity contribution in [1.29, 1.82) is 0 Å². The van der Waals surface area contributed by atoms with Crippen LogP contribution < -0.4 is 10.2 Å². The number of phenolic OH excluding ortho intramolecular Hbond substituents is 3. The lowest BCUT2D eigenvalue weighted by Gasteiger charge is -2.42. The summed E-state index contributed by atoms with van der Waals surface area (Å²) < 4.78 is 22.1. The van der Waals surface area contributed by atoms with Gasteiger partial charge in [-0.25, -0.2) is 0 Å². The molecule has 2 aliphatic heterocycles. The van der Waals surface area contributed by atoms with Crippen LogP contribution in [0.2, 0.25) is 0 Å². The second-order valence-electron chi connectivity index (χ2n) is 10.6. The molecule has 3 aromatic rings. The van der Waals surface area contributed by atoms with E-state index in [1.807, 2.05) is 0 Å². The van der Waals surface area contributed by atoms with E-state index in [9.17, 15) is 61.0 Å². The van der Waals surface area contributed by atoms with Crippen molar-refractivity contribution in [2.24, 2.45) is 0 Å². The molecule has 3 heterocycles. The maximum Gasteiger partial charge on any atom is 0.197 e. The molecule has 0 bridgehead atoms. The van der Waals surface area contributed by atoms with Gasteiger partial charge < -0.3 is 74.8 Å². The maximum atomic E-state index is 13.6. The largest absolute Gasteiger partial charge is 0.507 e. The molecule has 0 saturated carbocycles. The van der Waals surface area contributed by atoms with E-state index in [0.29, 0.717) is 0 Å². The van der Waals surface area contributed by atoms with Crippen LogP contribution in [0.4, 0.5) is 0 Å². The van der Waals surface area contributed by atoms with Crippen LogP contribution in [-0.4, -0.2) is 125 Å². The summed E-state index contributed by atoms with van der Waals surface area (Å²) in [6, 6.07) is 4.90. The van der Waals surface area contributed by atoms with Gasteiger partial charge in [0, 0.05) is 11.6 Å². The SMILES string of the molecule is COc1ccc(-c2cc(=O)c3c(O)c([C@@H]4OC(CO)[C@@H](O)[C@H](O)C4O)c(O)c([C@@H]4OC(CO)[C@@H](O)[C@H](O)C4O)c3o2)cc1O. The molecule has 10 atom stereocenters. The number of fused-ring (bicyclic) bond motifs is 1. The van der Waals surface area contributed by atoms with Crippen molar-refractivity contribution in [2.45, 2.75) is 61.0 Å². The summed E-state index contributed by atoms with van der Waals surface area (Å²) in [5.41, 5.74) is -2.76. The molecule has 2 fully saturated rings. The lowest BCUT2D eigenvalue weighted by Crippen LogP contribution is -2.55. The van der Waals surface area contributed by atoms with Gasteiger partial charge in [-0.3, -0.25) is 4.79 Å². The zero-order valence-corrected chi connectivity index (χ0v) is 23.0. The van der Waals surface area contributed by atoms with Gasteiger partial charge in [-0.05, 0) is 18.2 Å². The summed E-state index contributed by atoms with van der Waals surface area (Å²) in [5, 5.41) is 115. The second kappa shape index (κ2) is 12.1. The zero-order chi connectivity index (χ0) is 32.2. The molecule has 2 aromatic carbocycles. The van der Waals surface area contributed by atoms with Gasteiger partial charge in [-0.1, -0.05) is 0 Å². The number of phenols is 3. The number of hydrogen-bond donors (Lipinski definition) is 11. The molecule has 0 amide bonds. The first-order chi connectivity index (χ1) is 20.9. The first-order valence-electron chi connectivity index (χ1n) is 13.4. The second-order valence-corrected chi connectivity index (χ2v) is 10.6. The Kier molecular flexibility index (Phi) is 8.76. The summed E-state index contributed by atoms with van der Waals surface area (Å²) in [6.07, 6.45) is -18.4. The molecule has 0 aliphatic carbocycles. The Bertz CT molecular complexity index is 1580. The van der Waals surface area contributed by atoms with Crippen molar-refractivity contribution in [3.63, 3.8) is 0 Å². The number of aliphatic hydroxyl groups is 8. The topological polar surface area (TPSA) is 280 Å². The van der Waals surface area contributed by atoms with E-state index >= 15 is 0 Å². The van der Waals surface area contributed by atoms with Gasteiger partial charge in [0.05, 0.1) is 31.5 Å². The zero-order valence-electron chi connectivity index (χ0n) is 23.0. The highest BCUT2D eigenvalue weighted by Crippen LogP contribution is 2.51. The fourth-order valence-corrected chi connectivity index (χ4v) is 5.61. The molecule has 0 spiro atoms. The van der Waals surface area contributed by atoms with E-state index in [-0.39, 0.29) is 22.8 Å². The molecule has 11 N–H and O–H groups in total. The normalized spacial score (nSPS) is 32.6. The van der Waals surface area contributed by atoms with E-state index in [4.69, 9.17) is 18.6 Å². The van der Waals surface area contributed by atoms with E-state index < -0.39 is 113 Å².